The summed E-state index contributed by atoms with van der Waals surface area (Å²) < 4.78 is 31.5. The summed E-state index contributed by atoms with van der Waals surface area (Å²) in [6, 6.07) is 13.4. The summed E-state index contributed by atoms with van der Waals surface area (Å²) in [4.78, 5) is 18.3. The molecule has 0 fully saturated rings. The molecule has 158 valence electrons. The number of benzene rings is 2. The molecule has 0 saturated carbocycles. The van der Waals surface area contributed by atoms with E-state index in [1.807, 2.05) is 6.92 Å². The third-order valence-electron chi connectivity index (χ3n) is 4.46. The molecule has 0 aliphatic carbocycles. The van der Waals surface area contributed by atoms with Crippen molar-refractivity contribution in [3.63, 3.8) is 0 Å². The van der Waals surface area contributed by atoms with Crippen molar-refractivity contribution in [3.8, 4) is 11.4 Å². The highest BCUT2D eigenvalue weighted by Crippen LogP contribution is 2.19. The average molecular weight is 449 g/mol. The second kappa shape index (κ2) is 8.95. The van der Waals surface area contributed by atoms with E-state index in [-0.39, 0.29) is 23.9 Å². The molecule has 0 spiro atoms. The van der Waals surface area contributed by atoms with Gasteiger partial charge in [-0.1, -0.05) is 34.5 Å². The molecule has 0 saturated heterocycles. The molecule has 0 radical (unpaired) electrons. The first kappa shape index (κ1) is 21.9. The van der Waals surface area contributed by atoms with Crippen LogP contribution in [0.2, 0.25) is 5.02 Å². The summed E-state index contributed by atoms with van der Waals surface area (Å²) in [5, 5.41) is 4.50. The van der Waals surface area contributed by atoms with Crippen LogP contribution < -0.4 is 0 Å². The molecular formula is C20H21ClN4O4S. The molecule has 2 aromatic carbocycles. The Bertz CT molecular complexity index is 1130. The number of halogens is 1. The second-order valence-electron chi connectivity index (χ2n) is 6.84. The van der Waals surface area contributed by atoms with Crippen molar-refractivity contribution in [1.29, 1.82) is 0 Å². The lowest BCUT2D eigenvalue weighted by Crippen LogP contribution is -2.39. The zero-order valence-electron chi connectivity index (χ0n) is 16.7. The molecule has 10 heteroatoms. The van der Waals surface area contributed by atoms with Crippen molar-refractivity contribution in [2.75, 3.05) is 20.6 Å². The van der Waals surface area contributed by atoms with Crippen LogP contribution in [0.5, 0.6) is 0 Å². The number of sulfonamides is 1. The minimum Gasteiger partial charge on any atom is -0.337 e. The van der Waals surface area contributed by atoms with Gasteiger partial charge < -0.3 is 9.42 Å². The smallest absolute Gasteiger partial charge is 0.246 e. The van der Waals surface area contributed by atoms with Crippen LogP contribution in [-0.2, 0) is 21.4 Å². The van der Waals surface area contributed by atoms with Gasteiger partial charge in [0.1, 0.15) is 0 Å². The van der Waals surface area contributed by atoms with Gasteiger partial charge in [0.05, 0.1) is 18.0 Å². The van der Waals surface area contributed by atoms with E-state index in [4.69, 9.17) is 16.1 Å². The predicted molar refractivity (Wildman–Crippen MR) is 112 cm³/mol. The van der Waals surface area contributed by atoms with Gasteiger partial charge in [0.25, 0.3) is 0 Å². The van der Waals surface area contributed by atoms with E-state index in [2.05, 4.69) is 10.1 Å². The minimum absolute atomic E-state index is 0.0534. The molecule has 0 bridgehead atoms. The van der Waals surface area contributed by atoms with E-state index < -0.39 is 15.9 Å². The Labute approximate surface area is 180 Å². The van der Waals surface area contributed by atoms with E-state index in [1.165, 1.54) is 24.1 Å². The van der Waals surface area contributed by atoms with Crippen LogP contribution in [0.15, 0.2) is 57.9 Å². The number of nitrogens with zero attached hydrogens (tertiary/aromatic N) is 4. The van der Waals surface area contributed by atoms with Crippen LogP contribution in [0.25, 0.3) is 11.4 Å². The summed E-state index contributed by atoms with van der Waals surface area (Å²) in [5.41, 5.74) is 1.68. The van der Waals surface area contributed by atoms with Crippen molar-refractivity contribution >= 4 is 27.5 Å². The third-order valence-corrected chi connectivity index (χ3v) is 6.53. The third kappa shape index (κ3) is 5.05. The highest BCUT2D eigenvalue weighted by Gasteiger charge is 2.25. The maximum Gasteiger partial charge on any atom is 0.246 e. The van der Waals surface area contributed by atoms with Crippen LogP contribution in [0.4, 0.5) is 0 Å². The Morgan fingerprint density at radius 2 is 1.70 bits per heavy atom. The average Bonchev–Trinajstić information content (AvgIpc) is 3.17. The number of carbonyl (C=O) groups excluding carboxylic acids is 1. The lowest BCUT2D eigenvalue weighted by Gasteiger charge is -2.20. The number of likely N-dealkylation sites (N-methyl/N-ethyl adjacent to an activating group) is 2. The Kier molecular flexibility index (Phi) is 6.55. The lowest BCUT2D eigenvalue weighted by molar-refractivity contribution is -0.130. The van der Waals surface area contributed by atoms with Gasteiger partial charge in [-0.15, -0.1) is 0 Å². The predicted octanol–water partition coefficient (Wildman–Crippen LogP) is 2.98. The molecular weight excluding hydrogens is 428 g/mol. The molecule has 0 atom stereocenters. The number of carbonyl (C=O) groups is 1. The minimum atomic E-state index is -3.77. The standard InChI is InChI=1S/C20H21ClN4O4S/c1-14-4-10-17(11-5-14)30(27,28)25(3)13-19(26)24(2)12-18-22-20(23-29-18)15-6-8-16(21)9-7-15/h4-11H,12-13H2,1-3H3. The molecule has 8 nitrogen and oxygen atoms in total. The van der Waals surface area contributed by atoms with Crippen molar-refractivity contribution in [3.05, 3.63) is 65.0 Å². The van der Waals surface area contributed by atoms with Gasteiger partial charge in [-0.05, 0) is 43.3 Å². The van der Waals surface area contributed by atoms with E-state index in [9.17, 15) is 13.2 Å². The van der Waals surface area contributed by atoms with Crippen molar-refractivity contribution in [2.24, 2.45) is 0 Å². The molecule has 1 heterocycles. The summed E-state index contributed by atoms with van der Waals surface area (Å²) in [5.74, 6) is 0.209. The fourth-order valence-electron chi connectivity index (χ4n) is 2.61. The monoisotopic (exact) mass is 448 g/mol. The summed E-state index contributed by atoms with van der Waals surface area (Å²) in [7, 11) is -0.859. The highest BCUT2D eigenvalue weighted by molar-refractivity contribution is 7.89. The molecule has 3 rings (SSSR count). The zero-order valence-corrected chi connectivity index (χ0v) is 18.3. The Morgan fingerprint density at radius 1 is 1.07 bits per heavy atom. The van der Waals surface area contributed by atoms with Gasteiger partial charge in [-0.2, -0.15) is 9.29 Å². The Morgan fingerprint density at radius 3 is 2.33 bits per heavy atom. The number of amides is 1. The fraction of sp³-hybridized carbons (Fsp3) is 0.250. The van der Waals surface area contributed by atoms with Gasteiger partial charge >= 0.3 is 0 Å². The lowest BCUT2D eigenvalue weighted by atomic mass is 10.2. The largest absolute Gasteiger partial charge is 0.337 e. The topological polar surface area (TPSA) is 96.6 Å². The van der Waals surface area contributed by atoms with Gasteiger partial charge in [-0.3, -0.25) is 4.79 Å². The number of aromatic nitrogens is 2. The molecule has 0 aliphatic heterocycles. The maximum atomic E-state index is 12.6. The van der Waals surface area contributed by atoms with Crippen LogP contribution in [0.3, 0.4) is 0 Å². The maximum absolute atomic E-state index is 12.6. The Balaban J connectivity index is 1.63. The van der Waals surface area contributed by atoms with Crippen LogP contribution in [-0.4, -0.2) is 54.3 Å². The van der Waals surface area contributed by atoms with Gasteiger partial charge in [0.15, 0.2) is 0 Å². The summed E-state index contributed by atoms with van der Waals surface area (Å²) in [6.07, 6.45) is 0. The molecule has 0 unspecified atom stereocenters. The molecule has 0 N–H and O–H groups in total. The first-order chi connectivity index (χ1) is 14.2. The number of rotatable bonds is 7. The Hall–Kier alpha value is -2.75. The normalized spacial score (nSPS) is 11.6. The SMILES string of the molecule is Cc1ccc(S(=O)(=O)N(C)CC(=O)N(C)Cc2nc(-c3ccc(Cl)cc3)no2)cc1. The molecule has 1 aromatic heterocycles. The number of hydrogen-bond donors (Lipinski definition) is 0. The second-order valence-corrected chi connectivity index (χ2v) is 9.32. The molecule has 3 aromatic rings. The van der Waals surface area contributed by atoms with Crippen molar-refractivity contribution < 1.29 is 17.7 Å². The highest BCUT2D eigenvalue weighted by atomic mass is 35.5. The first-order valence-corrected chi connectivity index (χ1v) is 10.8. The van der Waals surface area contributed by atoms with E-state index in [0.717, 1.165) is 15.4 Å². The van der Waals surface area contributed by atoms with Crippen molar-refractivity contribution in [2.45, 2.75) is 18.4 Å². The summed E-state index contributed by atoms with van der Waals surface area (Å²) in [6.45, 7) is 1.61. The van der Waals surface area contributed by atoms with Crippen LogP contribution in [0.1, 0.15) is 11.5 Å². The van der Waals surface area contributed by atoms with Gasteiger partial charge in [0, 0.05) is 24.7 Å². The molecule has 0 aliphatic rings. The van der Waals surface area contributed by atoms with E-state index in [1.54, 1.807) is 43.4 Å². The zero-order chi connectivity index (χ0) is 21.9. The number of hydrogen-bond acceptors (Lipinski definition) is 6. The van der Waals surface area contributed by atoms with Crippen molar-refractivity contribution in [1.82, 2.24) is 19.3 Å². The van der Waals surface area contributed by atoms with Crippen LogP contribution in [0, 0.1) is 6.92 Å². The molecule has 30 heavy (non-hydrogen) atoms. The summed E-state index contributed by atoms with van der Waals surface area (Å²) >= 11 is 5.87. The van der Waals surface area contributed by atoms with E-state index in [0.29, 0.717) is 10.8 Å². The number of aryl methyl sites for hydroxylation is 1. The van der Waals surface area contributed by atoms with Crippen LogP contribution >= 0.6 is 11.6 Å². The quantitative estimate of drug-likeness (QED) is 0.551. The van der Waals surface area contributed by atoms with Gasteiger partial charge in [0.2, 0.25) is 27.6 Å². The fourth-order valence-corrected chi connectivity index (χ4v) is 3.86. The van der Waals surface area contributed by atoms with Gasteiger partial charge in [-0.25, -0.2) is 8.42 Å². The van der Waals surface area contributed by atoms with E-state index >= 15 is 0 Å². The molecule has 1 amide bonds. The first-order valence-electron chi connectivity index (χ1n) is 9.02.